The van der Waals surface area contributed by atoms with Gasteiger partial charge in [0.05, 0.1) is 5.69 Å². The van der Waals surface area contributed by atoms with Crippen LogP contribution in [0.4, 0.5) is 19.3 Å². The fourth-order valence-electron chi connectivity index (χ4n) is 2.45. The van der Waals surface area contributed by atoms with Crippen molar-refractivity contribution in [3.8, 4) is 5.75 Å². The molecule has 0 spiro atoms. The molecule has 0 atom stereocenters. The van der Waals surface area contributed by atoms with Gasteiger partial charge in [0, 0.05) is 37.5 Å². The number of carbonyl (C=O) groups excluding carboxylic acids is 1. The predicted octanol–water partition coefficient (Wildman–Crippen LogP) is 3.86. The van der Waals surface area contributed by atoms with E-state index in [2.05, 4.69) is 10.3 Å². The Hall–Kier alpha value is -2.38. The lowest BCUT2D eigenvalue weighted by molar-refractivity contribution is -0.134. The summed E-state index contributed by atoms with van der Waals surface area (Å²) in [7, 11) is 0. The van der Waals surface area contributed by atoms with Gasteiger partial charge >= 0.3 is 6.09 Å². The van der Waals surface area contributed by atoms with Gasteiger partial charge in [-0.15, -0.1) is 0 Å². The topological polar surface area (TPSA) is 64.9 Å². The second-order valence-electron chi connectivity index (χ2n) is 6.88. The monoisotopic (exact) mass is 339 g/mol. The van der Waals surface area contributed by atoms with Crippen LogP contribution in [0, 0.1) is 0 Å². The quantitative estimate of drug-likeness (QED) is 0.922. The van der Waals surface area contributed by atoms with Crippen LogP contribution in [-0.2, 0) is 4.74 Å². The Bertz CT molecular complexity index is 760. The van der Waals surface area contributed by atoms with Crippen LogP contribution in [0.15, 0.2) is 24.7 Å². The number of rotatable bonds is 3. The average Bonchev–Trinajstić information content (AvgIpc) is 2.82. The normalized spacial score (nSPS) is 17.4. The molecule has 0 saturated heterocycles. The van der Waals surface area contributed by atoms with Gasteiger partial charge in [-0.3, -0.25) is 5.32 Å². The molecule has 1 saturated carbocycles. The Kier molecular flexibility index (Phi) is 3.85. The molecule has 0 radical (unpaired) electrons. The SMILES string of the molecule is CC(C)(C)OC(=O)Nc1cc(OC2CC(F)(F)C2)c2nccn2c1. The fourth-order valence-corrected chi connectivity index (χ4v) is 2.45. The molecule has 0 aromatic carbocycles. The number of halogens is 2. The molecule has 6 nitrogen and oxygen atoms in total. The minimum absolute atomic E-state index is 0.316. The van der Waals surface area contributed by atoms with Crippen molar-refractivity contribution in [3.63, 3.8) is 0 Å². The Morgan fingerprint density at radius 1 is 1.42 bits per heavy atom. The molecule has 1 fully saturated rings. The summed E-state index contributed by atoms with van der Waals surface area (Å²) in [5.41, 5.74) is 0.302. The summed E-state index contributed by atoms with van der Waals surface area (Å²) in [5, 5.41) is 2.61. The zero-order valence-corrected chi connectivity index (χ0v) is 13.7. The van der Waals surface area contributed by atoms with E-state index >= 15 is 0 Å². The summed E-state index contributed by atoms with van der Waals surface area (Å²) < 4.78 is 38.4. The fraction of sp³-hybridized carbons (Fsp3) is 0.500. The zero-order chi connectivity index (χ0) is 17.5. The van der Waals surface area contributed by atoms with Crippen molar-refractivity contribution in [1.29, 1.82) is 0 Å². The number of fused-ring (bicyclic) bond motifs is 1. The molecule has 2 heterocycles. The maximum atomic E-state index is 13.0. The molecule has 0 aliphatic heterocycles. The van der Waals surface area contributed by atoms with Crippen LogP contribution in [-0.4, -0.2) is 33.1 Å². The van der Waals surface area contributed by atoms with Crippen molar-refractivity contribution < 1.29 is 23.0 Å². The van der Waals surface area contributed by atoms with Crippen LogP contribution in [0.5, 0.6) is 5.75 Å². The van der Waals surface area contributed by atoms with Gasteiger partial charge in [-0.1, -0.05) is 0 Å². The smallest absolute Gasteiger partial charge is 0.412 e. The summed E-state index contributed by atoms with van der Waals surface area (Å²) in [6, 6.07) is 1.56. The molecule has 1 N–H and O–H groups in total. The lowest BCUT2D eigenvalue weighted by atomic mass is 9.91. The highest BCUT2D eigenvalue weighted by Gasteiger charge is 2.47. The van der Waals surface area contributed by atoms with Gasteiger partial charge in [-0.25, -0.2) is 18.6 Å². The van der Waals surface area contributed by atoms with Crippen molar-refractivity contribution in [2.24, 2.45) is 0 Å². The third-order valence-electron chi connectivity index (χ3n) is 3.45. The number of pyridine rings is 1. The second kappa shape index (κ2) is 5.61. The van der Waals surface area contributed by atoms with Crippen LogP contribution in [0.25, 0.3) is 5.65 Å². The summed E-state index contributed by atoms with van der Waals surface area (Å²) in [5.74, 6) is -2.32. The highest BCUT2D eigenvalue weighted by Crippen LogP contribution is 2.40. The van der Waals surface area contributed by atoms with E-state index in [4.69, 9.17) is 9.47 Å². The first-order valence-electron chi connectivity index (χ1n) is 7.62. The number of hydrogen-bond donors (Lipinski definition) is 1. The molecule has 8 heteroatoms. The zero-order valence-electron chi connectivity index (χ0n) is 13.7. The van der Waals surface area contributed by atoms with Gasteiger partial charge < -0.3 is 13.9 Å². The van der Waals surface area contributed by atoms with E-state index in [0.717, 1.165) is 0 Å². The van der Waals surface area contributed by atoms with E-state index in [1.807, 2.05) is 0 Å². The van der Waals surface area contributed by atoms with E-state index in [1.165, 1.54) is 0 Å². The minimum Gasteiger partial charge on any atom is -0.486 e. The first-order chi connectivity index (χ1) is 11.1. The number of nitrogens with one attached hydrogen (secondary N) is 1. The van der Waals surface area contributed by atoms with E-state index in [-0.39, 0.29) is 12.8 Å². The third kappa shape index (κ3) is 3.74. The van der Waals surface area contributed by atoms with Gasteiger partial charge in [0.15, 0.2) is 11.4 Å². The van der Waals surface area contributed by atoms with Crippen LogP contribution in [0.3, 0.4) is 0 Å². The summed E-state index contributed by atoms with van der Waals surface area (Å²) in [6.45, 7) is 5.28. The third-order valence-corrected chi connectivity index (χ3v) is 3.45. The van der Waals surface area contributed by atoms with Gasteiger partial charge in [0.1, 0.15) is 11.7 Å². The molecule has 0 bridgehead atoms. The van der Waals surface area contributed by atoms with Crippen molar-refractivity contribution in [2.75, 3.05) is 5.32 Å². The number of carbonyl (C=O) groups is 1. The van der Waals surface area contributed by atoms with Crippen LogP contribution < -0.4 is 10.1 Å². The molecule has 3 rings (SSSR count). The number of amides is 1. The predicted molar refractivity (Wildman–Crippen MR) is 83.6 cm³/mol. The molecule has 0 unspecified atom stereocenters. The molecule has 1 amide bonds. The van der Waals surface area contributed by atoms with E-state index in [1.54, 1.807) is 49.8 Å². The van der Waals surface area contributed by atoms with Crippen molar-refractivity contribution >= 4 is 17.4 Å². The van der Waals surface area contributed by atoms with Crippen LogP contribution in [0.2, 0.25) is 0 Å². The largest absolute Gasteiger partial charge is 0.486 e. The van der Waals surface area contributed by atoms with Crippen molar-refractivity contribution in [2.45, 2.75) is 51.2 Å². The summed E-state index contributed by atoms with van der Waals surface area (Å²) >= 11 is 0. The average molecular weight is 339 g/mol. The van der Waals surface area contributed by atoms with Gasteiger partial charge in [-0.05, 0) is 20.8 Å². The molecule has 1 aliphatic carbocycles. The van der Waals surface area contributed by atoms with Crippen LogP contribution >= 0.6 is 0 Å². The number of nitrogens with zero attached hydrogens (tertiary/aromatic N) is 2. The van der Waals surface area contributed by atoms with E-state index in [9.17, 15) is 13.6 Å². The lowest BCUT2D eigenvalue weighted by Gasteiger charge is -2.34. The minimum atomic E-state index is -2.66. The Balaban J connectivity index is 1.78. The number of hydrogen-bond acceptors (Lipinski definition) is 4. The molecule has 1 aliphatic rings. The summed E-state index contributed by atoms with van der Waals surface area (Å²) in [4.78, 5) is 16.0. The van der Waals surface area contributed by atoms with Crippen LogP contribution in [0.1, 0.15) is 33.6 Å². The Morgan fingerprint density at radius 3 is 2.75 bits per heavy atom. The number of aromatic nitrogens is 2. The number of anilines is 1. The standard InChI is InChI=1S/C16H19F2N3O3/c1-15(2,3)24-14(22)20-10-6-12(13-19-4-5-21(13)9-10)23-11-7-16(17,18)8-11/h4-6,9,11H,7-8H2,1-3H3,(H,20,22). The molecule has 130 valence electrons. The highest BCUT2D eigenvalue weighted by molar-refractivity contribution is 5.85. The second-order valence-corrected chi connectivity index (χ2v) is 6.88. The molecular weight excluding hydrogens is 320 g/mol. The van der Waals surface area contributed by atoms with E-state index < -0.39 is 23.7 Å². The molecule has 2 aromatic heterocycles. The van der Waals surface area contributed by atoms with Crippen molar-refractivity contribution in [3.05, 3.63) is 24.7 Å². The number of alkyl halides is 2. The Morgan fingerprint density at radius 2 is 2.12 bits per heavy atom. The maximum Gasteiger partial charge on any atom is 0.412 e. The molecular formula is C16H19F2N3O3. The Labute approximate surface area is 137 Å². The maximum absolute atomic E-state index is 13.0. The first-order valence-corrected chi connectivity index (χ1v) is 7.62. The van der Waals surface area contributed by atoms with E-state index in [0.29, 0.717) is 17.1 Å². The van der Waals surface area contributed by atoms with Gasteiger partial charge in [-0.2, -0.15) is 0 Å². The lowest BCUT2D eigenvalue weighted by Crippen LogP contribution is -2.43. The molecule has 24 heavy (non-hydrogen) atoms. The number of ether oxygens (including phenoxy) is 2. The highest BCUT2D eigenvalue weighted by atomic mass is 19.3. The van der Waals surface area contributed by atoms with Crippen molar-refractivity contribution in [1.82, 2.24) is 9.38 Å². The first kappa shape index (κ1) is 16.5. The molecule has 2 aromatic rings. The summed E-state index contributed by atoms with van der Waals surface area (Å²) in [6.07, 6.45) is 3.09. The number of imidazole rings is 1. The van der Waals surface area contributed by atoms with Gasteiger partial charge in [0.25, 0.3) is 5.92 Å². The van der Waals surface area contributed by atoms with Gasteiger partial charge in [0.2, 0.25) is 0 Å².